The first kappa shape index (κ1) is 23.2. The molecule has 0 spiro atoms. The van der Waals surface area contributed by atoms with Gasteiger partial charge in [-0.1, -0.05) is 6.92 Å². The Labute approximate surface area is 188 Å². The van der Waals surface area contributed by atoms with E-state index in [0.717, 1.165) is 24.6 Å². The molecule has 4 rings (SSSR count). The standard InChI is InChI=1S/C20H22F3N5O4S/c1-10-8-9-24-19(25-10)27-16-11(2)17(13-4-5-13)28(12(3)29)18-14(16)6-7-15(26-18)32-33(30,31)20(21,22)23/h6-9,11,13,16-17H,4-5H2,1-3H3,(H,24,25,27). The Morgan fingerprint density at radius 3 is 2.48 bits per heavy atom. The van der Waals surface area contributed by atoms with E-state index in [1.54, 1.807) is 12.3 Å². The number of alkyl halides is 3. The molecule has 1 saturated carbocycles. The fourth-order valence-electron chi connectivity index (χ4n) is 4.24. The second-order valence-electron chi connectivity index (χ2n) is 8.27. The van der Waals surface area contributed by atoms with Gasteiger partial charge in [-0.15, -0.1) is 0 Å². The van der Waals surface area contributed by atoms with E-state index in [2.05, 4.69) is 24.5 Å². The van der Waals surface area contributed by atoms with Gasteiger partial charge in [0.05, 0.1) is 6.04 Å². The van der Waals surface area contributed by atoms with Crippen LogP contribution in [0, 0.1) is 18.8 Å². The van der Waals surface area contributed by atoms with E-state index in [9.17, 15) is 26.4 Å². The molecule has 1 aliphatic heterocycles. The molecule has 3 unspecified atom stereocenters. The SMILES string of the molecule is CC(=O)N1c2nc(OS(=O)(=O)C(F)(F)F)ccc2C(Nc2nccc(C)n2)C(C)C1C1CC1. The van der Waals surface area contributed by atoms with Gasteiger partial charge in [0.25, 0.3) is 0 Å². The molecule has 33 heavy (non-hydrogen) atoms. The van der Waals surface area contributed by atoms with Crippen molar-refractivity contribution in [1.29, 1.82) is 0 Å². The average Bonchev–Trinajstić information content (AvgIpc) is 3.53. The van der Waals surface area contributed by atoms with Gasteiger partial charge in [0, 0.05) is 42.4 Å². The van der Waals surface area contributed by atoms with Crippen LogP contribution in [0.1, 0.15) is 44.0 Å². The van der Waals surface area contributed by atoms with Crippen LogP contribution in [0.2, 0.25) is 0 Å². The van der Waals surface area contributed by atoms with Gasteiger partial charge >= 0.3 is 15.6 Å². The number of carbonyl (C=O) groups is 1. The third-order valence-corrected chi connectivity index (χ3v) is 6.76. The maximum atomic E-state index is 12.8. The Morgan fingerprint density at radius 1 is 1.21 bits per heavy atom. The fourth-order valence-corrected chi connectivity index (χ4v) is 4.66. The van der Waals surface area contributed by atoms with Crippen LogP contribution in [-0.4, -0.2) is 40.8 Å². The molecule has 2 aromatic heterocycles. The number of fused-ring (bicyclic) bond motifs is 1. The van der Waals surface area contributed by atoms with Crippen molar-refractivity contribution in [1.82, 2.24) is 15.0 Å². The Kier molecular flexibility index (Phi) is 5.71. The number of aryl methyl sites for hydroxylation is 1. The molecular weight excluding hydrogens is 463 g/mol. The maximum absolute atomic E-state index is 12.8. The van der Waals surface area contributed by atoms with Crippen molar-refractivity contribution < 1.29 is 30.6 Å². The molecule has 0 saturated heterocycles. The normalized spacial score (nSPS) is 23.1. The summed E-state index contributed by atoms with van der Waals surface area (Å²) in [5, 5.41) is 3.25. The van der Waals surface area contributed by atoms with Crippen LogP contribution in [0.4, 0.5) is 24.9 Å². The molecule has 1 fully saturated rings. The summed E-state index contributed by atoms with van der Waals surface area (Å²) >= 11 is 0. The summed E-state index contributed by atoms with van der Waals surface area (Å²) in [7, 11) is -5.91. The molecule has 2 aliphatic rings. The number of carbonyl (C=O) groups excluding carboxylic acids is 1. The molecule has 0 bridgehead atoms. The molecule has 9 nitrogen and oxygen atoms in total. The van der Waals surface area contributed by atoms with Crippen LogP contribution >= 0.6 is 0 Å². The van der Waals surface area contributed by atoms with Crippen LogP contribution in [0.3, 0.4) is 0 Å². The summed E-state index contributed by atoms with van der Waals surface area (Å²) in [5.74, 6) is -0.655. The minimum Gasteiger partial charge on any atom is -0.355 e. The van der Waals surface area contributed by atoms with Gasteiger partial charge in [-0.3, -0.25) is 9.69 Å². The number of rotatable bonds is 5. The molecule has 0 radical (unpaired) electrons. The molecule has 13 heteroatoms. The lowest BCUT2D eigenvalue weighted by Crippen LogP contribution is -2.51. The summed E-state index contributed by atoms with van der Waals surface area (Å²) in [6.07, 6.45) is 3.37. The first-order chi connectivity index (χ1) is 15.4. The molecule has 1 aliphatic carbocycles. The smallest absolute Gasteiger partial charge is 0.355 e. The predicted octanol–water partition coefficient (Wildman–Crippen LogP) is 3.34. The fraction of sp³-hybridized carbons (Fsp3) is 0.500. The molecule has 178 valence electrons. The third-order valence-electron chi connectivity index (χ3n) is 5.81. The number of hydrogen-bond donors (Lipinski definition) is 1. The lowest BCUT2D eigenvalue weighted by atomic mass is 9.81. The Balaban J connectivity index is 1.80. The van der Waals surface area contributed by atoms with Crippen molar-refractivity contribution in [2.24, 2.45) is 11.8 Å². The van der Waals surface area contributed by atoms with Crippen LogP contribution in [0.5, 0.6) is 5.88 Å². The van der Waals surface area contributed by atoms with Gasteiger partial charge in [-0.05, 0) is 37.8 Å². The quantitative estimate of drug-likeness (QED) is 0.507. The number of nitrogens with one attached hydrogen (secondary N) is 1. The highest BCUT2D eigenvalue weighted by Crippen LogP contribution is 2.49. The zero-order valence-corrected chi connectivity index (χ0v) is 18.8. The molecule has 2 aromatic rings. The average molecular weight is 485 g/mol. The highest BCUT2D eigenvalue weighted by Gasteiger charge is 2.50. The van der Waals surface area contributed by atoms with Crippen molar-refractivity contribution in [3.63, 3.8) is 0 Å². The third kappa shape index (κ3) is 4.45. The van der Waals surface area contributed by atoms with Crippen LogP contribution in [-0.2, 0) is 14.9 Å². The van der Waals surface area contributed by atoms with Gasteiger partial charge in [0.1, 0.15) is 5.82 Å². The molecule has 1 N–H and O–H groups in total. The second kappa shape index (κ2) is 8.12. The first-order valence-electron chi connectivity index (χ1n) is 10.3. The van der Waals surface area contributed by atoms with Crippen molar-refractivity contribution in [3.8, 4) is 5.88 Å². The lowest BCUT2D eigenvalue weighted by molar-refractivity contribution is -0.117. The number of nitrogens with zero attached hydrogens (tertiary/aromatic N) is 4. The highest BCUT2D eigenvalue weighted by molar-refractivity contribution is 7.87. The minimum atomic E-state index is -5.91. The monoisotopic (exact) mass is 485 g/mol. The Bertz CT molecular complexity index is 1190. The molecular formula is C20H22F3N5O4S. The van der Waals surface area contributed by atoms with Crippen molar-refractivity contribution in [2.75, 3.05) is 10.2 Å². The molecule has 1 amide bonds. The maximum Gasteiger partial charge on any atom is 0.534 e. The largest absolute Gasteiger partial charge is 0.534 e. The Morgan fingerprint density at radius 2 is 1.91 bits per heavy atom. The number of amides is 1. The summed E-state index contributed by atoms with van der Waals surface area (Å²) < 4.78 is 65.6. The topological polar surface area (TPSA) is 114 Å². The van der Waals surface area contributed by atoms with Crippen molar-refractivity contribution >= 4 is 27.8 Å². The molecule has 0 aromatic carbocycles. The van der Waals surface area contributed by atoms with Crippen LogP contribution in [0.15, 0.2) is 24.4 Å². The Hall–Kier alpha value is -2.96. The number of aromatic nitrogens is 3. The van der Waals surface area contributed by atoms with Crippen LogP contribution < -0.4 is 14.4 Å². The summed E-state index contributed by atoms with van der Waals surface area (Å²) in [6.45, 7) is 5.11. The summed E-state index contributed by atoms with van der Waals surface area (Å²) in [4.78, 5) is 26.7. The second-order valence-corrected chi connectivity index (χ2v) is 9.80. The number of halogens is 3. The number of anilines is 2. The summed E-state index contributed by atoms with van der Waals surface area (Å²) in [5.41, 5.74) is -4.38. The van der Waals surface area contributed by atoms with Gasteiger partial charge in [-0.2, -0.15) is 26.6 Å². The van der Waals surface area contributed by atoms with Gasteiger partial charge < -0.3 is 9.50 Å². The van der Waals surface area contributed by atoms with E-state index in [0.29, 0.717) is 11.5 Å². The van der Waals surface area contributed by atoms with Crippen molar-refractivity contribution in [3.05, 3.63) is 35.7 Å². The zero-order valence-electron chi connectivity index (χ0n) is 18.0. The molecule has 3 heterocycles. The van der Waals surface area contributed by atoms with E-state index in [4.69, 9.17) is 0 Å². The van der Waals surface area contributed by atoms with E-state index in [1.807, 2.05) is 13.8 Å². The van der Waals surface area contributed by atoms with Gasteiger partial charge in [0.15, 0.2) is 0 Å². The minimum absolute atomic E-state index is 0.0533. The predicted molar refractivity (Wildman–Crippen MR) is 112 cm³/mol. The van der Waals surface area contributed by atoms with Gasteiger partial charge in [0.2, 0.25) is 17.7 Å². The first-order valence-corrected chi connectivity index (χ1v) is 11.7. The highest BCUT2D eigenvalue weighted by atomic mass is 32.2. The van der Waals surface area contributed by atoms with Crippen molar-refractivity contribution in [2.45, 2.75) is 51.2 Å². The number of pyridine rings is 1. The summed E-state index contributed by atoms with van der Waals surface area (Å²) in [6, 6.07) is 3.46. The molecule has 3 atom stereocenters. The van der Waals surface area contributed by atoms with E-state index in [1.165, 1.54) is 17.9 Å². The lowest BCUT2D eigenvalue weighted by Gasteiger charge is -2.44. The number of hydrogen-bond acceptors (Lipinski definition) is 8. The van der Waals surface area contributed by atoms with Crippen LogP contribution in [0.25, 0.3) is 0 Å². The van der Waals surface area contributed by atoms with E-state index >= 15 is 0 Å². The van der Waals surface area contributed by atoms with E-state index in [-0.39, 0.29) is 29.6 Å². The van der Waals surface area contributed by atoms with Gasteiger partial charge in [-0.25, -0.2) is 9.97 Å². The van der Waals surface area contributed by atoms with E-state index < -0.39 is 27.5 Å². The zero-order chi connectivity index (χ0) is 24.1.